The van der Waals surface area contributed by atoms with Crippen LogP contribution in [0, 0.1) is 5.92 Å². The number of hydrogen-bond acceptors (Lipinski definition) is 3. The topological polar surface area (TPSA) is 120 Å². The summed E-state index contributed by atoms with van der Waals surface area (Å²) in [4.78, 5) is 34.5. The zero-order valence-corrected chi connectivity index (χ0v) is 18.8. The molecule has 0 saturated heterocycles. The number of amides is 4. The van der Waals surface area contributed by atoms with E-state index in [4.69, 9.17) is 5.11 Å². The summed E-state index contributed by atoms with van der Waals surface area (Å²) in [6.45, 7) is 11.0. The Kier molecular flexibility index (Phi) is 14.6. The number of carbonyl (C=O) groups excluding carboxylic acids is 2. The normalized spacial score (nSPS) is 11.2. The van der Waals surface area contributed by atoms with Gasteiger partial charge in [0.15, 0.2) is 0 Å². The summed E-state index contributed by atoms with van der Waals surface area (Å²) in [7, 11) is 0. The van der Waals surface area contributed by atoms with Crippen molar-refractivity contribution in [1.29, 1.82) is 0 Å². The summed E-state index contributed by atoms with van der Waals surface area (Å²) < 4.78 is 0. The van der Waals surface area contributed by atoms with Gasteiger partial charge in [-0.15, -0.1) is 0 Å². The van der Waals surface area contributed by atoms with Crippen LogP contribution >= 0.6 is 0 Å². The molecule has 4 amide bonds. The molecule has 1 aromatic carbocycles. The number of rotatable bonds is 10. The largest absolute Gasteiger partial charge is 0.480 e. The zero-order valence-electron chi connectivity index (χ0n) is 18.8. The highest BCUT2D eigenvalue weighted by molar-refractivity contribution is 5.82. The quantitative estimate of drug-likeness (QED) is 0.371. The van der Waals surface area contributed by atoms with E-state index in [0.29, 0.717) is 32.4 Å². The molecule has 0 fully saturated rings. The SMILES string of the molecule is CC(C)C.CC(C)NC(=O)N[C@@H](CCCCNC(=O)NCc1ccccc1)C(=O)O. The van der Waals surface area contributed by atoms with E-state index >= 15 is 0 Å². The average molecular weight is 423 g/mol. The van der Waals surface area contributed by atoms with Crippen LogP contribution in [0.2, 0.25) is 0 Å². The van der Waals surface area contributed by atoms with Crippen molar-refractivity contribution in [3.63, 3.8) is 0 Å². The van der Waals surface area contributed by atoms with Gasteiger partial charge in [-0.1, -0.05) is 51.1 Å². The van der Waals surface area contributed by atoms with E-state index in [1.807, 2.05) is 30.3 Å². The fourth-order valence-electron chi connectivity index (χ4n) is 2.24. The van der Waals surface area contributed by atoms with Crippen LogP contribution in [0.1, 0.15) is 59.4 Å². The van der Waals surface area contributed by atoms with Gasteiger partial charge in [-0.25, -0.2) is 14.4 Å². The molecule has 30 heavy (non-hydrogen) atoms. The molecule has 0 bridgehead atoms. The highest BCUT2D eigenvalue weighted by atomic mass is 16.4. The number of hydrogen-bond donors (Lipinski definition) is 5. The Balaban J connectivity index is 0.00000192. The summed E-state index contributed by atoms with van der Waals surface area (Å²) in [6, 6.07) is 7.80. The number of nitrogens with one attached hydrogen (secondary N) is 4. The molecule has 0 spiro atoms. The fraction of sp³-hybridized carbons (Fsp3) is 0.591. The van der Waals surface area contributed by atoms with Crippen LogP contribution in [0.15, 0.2) is 30.3 Å². The minimum absolute atomic E-state index is 0.0666. The second-order valence-electron chi connectivity index (χ2n) is 7.99. The highest BCUT2D eigenvalue weighted by Gasteiger charge is 2.19. The van der Waals surface area contributed by atoms with Gasteiger partial charge >= 0.3 is 18.0 Å². The van der Waals surface area contributed by atoms with Crippen LogP contribution < -0.4 is 21.3 Å². The molecule has 0 heterocycles. The predicted octanol–water partition coefficient (Wildman–Crippen LogP) is 3.48. The number of benzene rings is 1. The molecule has 8 heteroatoms. The van der Waals surface area contributed by atoms with Crippen molar-refractivity contribution in [1.82, 2.24) is 21.3 Å². The summed E-state index contributed by atoms with van der Waals surface area (Å²) >= 11 is 0. The standard InChI is InChI=1S/C18H28N4O4.C4H10/c1-13(2)21-18(26)22-15(16(23)24)10-6-7-11-19-17(25)20-12-14-8-4-3-5-9-14;1-4(2)3/h3-5,8-9,13,15H,6-7,10-12H2,1-2H3,(H,23,24)(H2,19,20,25)(H2,21,22,26);4H,1-3H3/t15-;/m0./s1. The number of aliphatic carboxylic acids is 1. The van der Waals surface area contributed by atoms with E-state index < -0.39 is 18.0 Å². The van der Waals surface area contributed by atoms with Gasteiger partial charge in [0, 0.05) is 19.1 Å². The minimum Gasteiger partial charge on any atom is -0.480 e. The Labute approximate surface area is 180 Å². The van der Waals surface area contributed by atoms with Gasteiger partial charge in [0.05, 0.1) is 0 Å². The molecule has 8 nitrogen and oxygen atoms in total. The van der Waals surface area contributed by atoms with Gasteiger partial charge in [0.2, 0.25) is 0 Å². The fourth-order valence-corrected chi connectivity index (χ4v) is 2.24. The maximum Gasteiger partial charge on any atom is 0.326 e. The molecule has 5 N–H and O–H groups in total. The monoisotopic (exact) mass is 422 g/mol. The molecule has 0 aromatic heterocycles. The first kappa shape index (κ1) is 27.2. The van der Waals surface area contributed by atoms with Crippen LogP contribution in [0.5, 0.6) is 0 Å². The molecule has 170 valence electrons. The molecule has 0 radical (unpaired) electrons. The molecule has 0 aliphatic carbocycles. The smallest absolute Gasteiger partial charge is 0.326 e. The predicted molar refractivity (Wildman–Crippen MR) is 119 cm³/mol. The number of carbonyl (C=O) groups is 3. The first-order chi connectivity index (χ1) is 14.1. The van der Waals surface area contributed by atoms with Crippen LogP contribution in [0.25, 0.3) is 0 Å². The van der Waals surface area contributed by atoms with Gasteiger partial charge in [-0.05, 0) is 44.6 Å². The van der Waals surface area contributed by atoms with E-state index in [0.717, 1.165) is 11.5 Å². The van der Waals surface area contributed by atoms with E-state index in [2.05, 4.69) is 42.0 Å². The first-order valence-corrected chi connectivity index (χ1v) is 10.5. The van der Waals surface area contributed by atoms with Crippen LogP contribution in [-0.2, 0) is 11.3 Å². The third kappa shape index (κ3) is 16.2. The number of urea groups is 2. The first-order valence-electron chi connectivity index (χ1n) is 10.5. The number of carboxylic acids is 1. The number of carboxylic acid groups (broad SMARTS) is 1. The molecule has 0 aliphatic rings. The summed E-state index contributed by atoms with van der Waals surface area (Å²) in [6.07, 6.45) is 1.49. The molecule has 1 atom stereocenters. The van der Waals surface area contributed by atoms with E-state index in [9.17, 15) is 14.4 Å². The number of unbranched alkanes of at least 4 members (excludes halogenated alkanes) is 1. The van der Waals surface area contributed by atoms with Crippen LogP contribution in [0.3, 0.4) is 0 Å². The van der Waals surface area contributed by atoms with Crippen LogP contribution in [0.4, 0.5) is 9.59 Å². The Morgan fingerprint density at radius 3 is 2.00 bits per heavy atom. The van der Waals surface area contributed by atoms with Crippen molar-refractivity contribution in [2.24, 2.45) is 5.92 Å². The van der Waals surface area contributed by atoms with Crippen molar-refractivity contribution < 1.29 is 19.5 Å². The molecular formula is C22H38N4O4. The maximum absolute atomic E-state index is 11.7. The van der Waals surface area contributed by atoms with Crippen molar-refractivity contribution >= 4 is 18.0 Å². The lowest BCUT2D eigenvalue weighted by Gasteiger charge is -2.16. The molecule has 1 rings (SSSR count). The van der Waals surface area contributed by atoms with Crippen molar-refractivity contribution in [2.75, 3.05) is 6.54 Å². The minimum atomic E-state index is -1.07. The maximum atomic E-state index is 11.7. The van der Waals surface area contributed by atoms with Gasteiger partial charge in [0.25, 0.3) is 0 Å². The van der Waals surface area contributed by atoms with Crippen molar-refractivity contribution in [2.45, 2.75) is 72.5 Å². The average Bonchev–Trinajstić information content (AvgIpc) is 2.64. The van der Waals surface area contributed by atoms with Crippen LogP contribution in [-0.4, -0.2) is 41.8 Å². The van der Waals surface area contributed by atoms with E-state index in [1.54, 1.807) is 13.8 Å². The lowest BCUT2D eigenvalue weighted by atomic mass is 10.1. The summed E-state index contributed by atoms with van der Waals surface area (Å²) in [5, 5.41) is 19.7. The molecule has 0 aliphatic heterocycles. The third-order valence-electron chi connectivity index (χ3n) is 3.52. The van der Waals surface area contributed by atoms with Gasteiger partial charge in [-0.2, -0.15) is 0 Å². The lowest BCUT2D eigenvalue weighted by Crippen LogP contribution is -2.47. The van der Waals surface area contributed by atoms with Gasteiger partial charge in [-0.3, -0.25) is 0 Å². The Bertz CT molecular complexity index is 618. The second kappa shape index (κ2) is 16.1. The Hall–Kier alpha value is -2.77. The highest BCUT2D eigenvalue weighted by Crippen LogP contribution is 2.01. The Morgan fingerprint density at radius 1 is 0.867 bits per heavy atom. The third-order valence-corrected chi connectivity index (χ3v) is 3.52. The van der Waals surface area contributed by atoms with Gasteiger partial charge in [0.1, 0.15) is 6.04 Å². The van der Waals surface area contributed by atoms with E-state index in [-0.39, 0.29) is 12.1 Å². The zero-order chi connectivity index (χ0) is 22.9. The summed E-state index contributed by atoms with van der Waals surface area (Å²) in [5.74, 6) is -0.238. The molecule has 0 unspecified atom stereocenters. The van der Waals surface area contributed by atoms with Gasteiger partial charge < -0.3 is 26.4 Å². The molecule has 0 saturated carbocycles. The second-order valence-corrected chi connectivity index (χ2v) is 7.99. The van der Waals surface area contributed by atoms with Crippen molar-refractivity contribution in [3.05, 3.63) is 35.9 Å². The Morgan fingerprint density at radius 2 is 1.47 bits per heavy atom. The molecular weight excluding hydrogens is 384 g/mol. The molecule has 1 aromatic rings. The lowest BCUT2D eigenvalue weighted by molar-refractivity contribution is -0.139. The summed E-state index contributed by atoms with van der Waals surface area (Å²) in [5.41, 5.74) is 1.01. The van der Waals surface area contributed by atoms with Crippen molar-refractivity contribution in [3.8, 4) is 0 Å². The van der Waals surface area contributed by atoms with E-state index in [1.165, 1.54) is 0 Å².